The van der Waals surface area contributed by atoms with E-state index < -0.39 is 0 Å². The lowest BCUT2D eigenvalue weighted by Crippen LogP contribution is -2.32. The zero-order valence-electron chi connectivity index (χ0n) is 19.5. The van der Waals surface area contributed by atoms with Crippen LogP contribution in [0, 0.1) is 18.8 Å². The molecule has 1 amide bonds. The second-order valence-electron chi connectivity index (χ2n) is 9.98. The zero-order valence-corrected chi connectivity index (χ0v) is 19.5. The molecule has 1 aliphatic heterocycles. The lowest BCUT2D eigenvalue weighted by atomic mass is 9.99. The monoisotopic (exact) mass is 451 g/mol. The summed E-state index contributed by atoms with van der Waals surface area (Å²) in [5.74, 6) is 1.54. The first-order valence-corrected chi connectivity index (χ1v) is 12.3. The van der Waals surface area contributed by atoms with Crippen LogP contribution in [0.4, 0.5) is 0 Å². The largest absolute Gasteiger partial charge is 0.342 e. The molecule has 0 spiro atoms. The van der Waals surface area contributed by atoms with E-state index >= 15 is 0 Å². The van der Waals surface area contributed by atoms with Crippen LogP contribution in [0.3, 0.4) is 0 Å². The average molecular weight is 452 g/mol. The molecule has 172 valence electrons. The first-order valence-electron chi connectivity index (χ1n) is 12.3. The predicted octanol–water partition coefficient (Wildman–Crippen LogP) is 4.71. The third kappa shape index (κ3) is 4.00. The summed E-state index contributed by atoms with van der Waals surface area (Å²) in [5.41, 5.74) is 6.67. The van der Waals surface area contributed by atoms with Crippen LogP contribution in [0.5, 0.6) is 0 Å². The Hall–Kier alpha value is -3.47. The number of likely N-dealkylation sites (tertiary alicyclic amines) is 1. The number of carbonyl (C=O) groups is 1. The van der Waals surface area contributed by atoms with Gasteiger partial charge in [-0.2, -0.15) is 0 Å². The summed E-state index contributed by atoms with van der Waals surface area (Å²) in [6, 6.07) is 16.6. The lowest BCUT2D eigenvalue weighted by molar-refractivity contribution is -0.131. The highest BCUT2D eigenvalue weighted by Gasteiger charge is 2.36. The summed E-state index contributed by atoms with van der Waals surface area (Å²) in [5, 5.41) is 0. The van der Waals surface area contributed by atoms with Crippen LogP contribution in [0.25, 0.3) is 28.6 Å². The Morgan fingerprint density at radius 1 is 1.00 bits per heavy atom. The first-order chi connectivity index (χ1) is 16.5. The Labute approximate surface area is 199 Å². The Kier molecular flexibility index (Phi) is 5.20. The van der Waals surface area contributed by atoms with Gasteiger partial charge in [0.2, 0.25) is 5.91 Å². The average Bonchev–Trinajstić information content (AvgIpc) is 3.40. The molecule has 0 bridgehead atoms. The van der Waals surface area contributed by atoms with Gasteiger partial charge in [0.25, 0.3) is 5.56 Å². The van der Waals surface area contributed by atoms with Gasteiger partial charge in [0.1, 0.15) is 5.82 Å². The molecule has 2 heterocycles. The van der Waals surface area contributed by atoms with Crippen LogP contribution in [0.15, 0.2) is 59.4 Å². The molecule has 2 aliphatic carbocycles. The number of aromatic nitrogens is 2. The molecule has 1 aromatic heterocycles. The third-order valence-corrected chi connectivity index (χ3v) is 7.36. The quantitative estimate of drug-likeness (QED) is 0.564. The third-order valence-electron chi connectivity index (χ3n) is 7.36. The molecule has 0 N–H and O–H groups in total. The SMILES string of the molecule is Cc1cc(=O)n(C[C@@H]2CCN(C(=O)C3CC3)C2)c(-c2ccc(-c3ccc4c(c3)CC=C4)cc2)n1. The lowest BCUT2D eigenvalue weighted by Gasteiger charge is -2.18. The standard InChI is InChI=1S/C29H29N3O2/c1-19-15-27(33)32(18-20-13-14-31(17-20)29(34)24-10-11-24)28(30-19)23-8-5-22(6-9-23)26-12-7-21-3-2-4-25(21)16-26/h2-3,5-9,12,15-16,20,24H,4,10-11,13-14,17-18H2,1H3/t20-/m1/s1. The van der Waals surface area contributed by atoms with Gasteiger partial charge in [-0.1, -0.05) is 54.6 Å². The molecule has 3 aromatic rings. The number of carbonyl (C=O) groups excluding carboxylic acids is 1. The van der Waals surface area contributed by atoms with Crippen molar-refractivity contribution < 1.29 is 4.79 Å². The smallest absolute Gasteiger partial charge is 0.253 e. The second kappa shape index (κ2) is 8.39. The normalized spacial score (nSPS) is 19.0. The number of fused-ring (bicyclic) bond motifs is 1. The summed E-state index contributed by atoms with van der Waals surface area (Å²) in [6.45, 7) is 4.00. The van der Waals surface area contributed by atoms with Crippen molar-refractivity contribution in [2.45, 2.75) is 39.2 Å². The number of hydrogen-bond acceptors (Lipinski definition) is 3. The molecule has 6 rings (SSSR count). The van der Waals surface area contributed by atoms with Gasteiger partial charge in [-0.25, -0.2) is 4.98 Å². The molecule has 0 radical (unpaired) electrons. The minimum atomic E-state index is -0.0235. The van der Waals surface area contributed by atoms with E-state index in [2.05, 4.69) is 54.6 Å². The summed E-state index contributed by atoms with van der Waals surface area (Å²) in [7, 11) is 0. The van der Waals surface area contributed by atoms with Crippen LogP contribution < -0.4 is 5.56 Å². The van der Waals surface area contributed by atoms with Gasteiger partial charge in [-0.05, 0) is 60.8 Å². The van der Waals surface area contributed by atoms with Crippen molar-refractivity contribution in [2.24, 2.45) is 11.8 Å². The summed E-state index contributed by atoms with van der Waals surface area (Å²) in [4.78, 5) is 32.2. The Morgan fingerprint density at radius 3 is 2.56 bits per heavy atom. The van der Waals surface area contributed by atoms with Crippen molar-refractivity contribution in [3.05, 3.63) is 81.8 Å². The van der Waals surface area contributed by atoms with Crippen LogP contribution in [0.1, 0.15) is 36.1 Å². The van der Waals surface area contributed by atoms with Gasteiger partial charge in [0.05, 0.1) is 0 Å². The van der Waals surface area contributed by atoms with Crippen LogP contribution in [-0.4, -0.2) is 33.4 Å². The van der Waals surface area contributed by atoms with E-state index in [-0.39, 0.29) is 17.4 Å². The van der Waals surface area contributed by atoms with Gasteiger partial charge in [0.15, 0.2) is 0 Å². The first kappa shape index (κ1) is 21.1. The van der Waals surface area contributed by atoms with Crippen molar-refractivity contribution in [1.29, 1.82) is 0 Å². The van der Waals surface area contributed by atoms with E-state index in [1.165, 1.54) is 16.7 Å². The van der Waals surface area contributed by atoms with Crippen LogP contribution >= 0.6 is 0 Å². The molecule has 1 saturated heterocycles. The van der Waals surface area contributed by atoms with Gasteiger partial charge in [-0.3, -0.25) is 14.2 Å². The van der Waals surface area contributed by atoms with E-state index in [1.54, 1.807) is 10.6 Å². The second-order valence-corrected chi connectivity index (χ2v) is 9.98. The molecule has 5 heteroatoms. The van der Waals surface area contributed by atoms with E-state index in [9.17, 15) is 9.59 Å². The summed E-state index contributed by atoms with van der Waals surface area (Å²) >= 11 is 0. The Morgan fingerprint density at radius 2 is 1.76 bits per heavy atom. The molecule has 1 atom stereocenters. The molecule has 34 heavy (non-hydrogen) atoms. The maximum atomic E-state index is 13.0. The minimum Gasteiger partial charge on any atom is -0.342 e. The van der Waals surface area contributed by atoms with E-state index in [1.807, 2.05) is 11.8 Å². The van der Waals surface area contributed by atoms with Crippen molar-refractivity contribution in [3.63, 3.8) is 0 Å². The number of benzene rings is 2. The molecule has 2 aromatic carbocycles. The van der Waals surface area contributed by atoms with E-state index in [4.69, 9.17) is 4.98 Å². The number of hydrogen-bond donors (Lipinski definition) is 0. The van der Waals surface area contributed by atoms with Crippen molar-refractivity contribution in [2.75, 3.05) is 13.1 Å². The topological polar surface area (TPSA) is 55.2 Å². The number of nitrogens with zero attached hydrogens (tertiary/aromatic N) is 3. The highest BCUT2D eigenvalue weighted by atomic mass is 16.2. The van der Waals surface area contributed by atoms with Crippen molar-refractivity contribution in [3.8, 4) is 22.5 Å². The Bertz CT molecular complexity index is 1350. The van der Waals surface area contributed by atoms with Crippen LogP contribution in [0.2, 0.25) is 0 Å². The van der Waals surface area contributed by atoms with Crippen molar-refractivity contribution in [1.82, 2.24) is 14.5 Å². The zero-order chi connectivity index (χ0) is 23.2. The number of aryl methyl sites for hydroxylation is 1. The van der Waals surface area contributed by atoms with E-state index in [0.717, 1.165) is 55.6 Å². The highest BCUT2D eigenvalue weighted by Crippen LogP contribution is 2.33. The summed E-state index contributed by atoms with van der Waals surface area (Å²) < 4.78 is 1.80. The van der Waals surface area contributed by atoms with E-state index in [0.29, 0.717) is 18.3 Å². The molecular formula is C29H29N3O2. The summed E-state index contributed by atoms with van der Waals surface area (Å²) in [6.07, 6.45) is 8.37. The fourth-order valence-corrected chi connectivity index (χ4v) is 5.30. The molecule has 1 saturated carbocycles. The maximum absolute atomic E-state index is 13.0. The number of amides is 1. The maximum Gasteiger partial charge on any atom is 0.253 e. The molecular weight excluding hydrogens is 422 g/mol. The van der Waals surface area contributed by atoms with Gasteiger partial charge in [-0.15, -0.1) is 0 Å². The highest BCUT2D eigenvalue weighted by molar-refractivity contribution is 5.81. The van der Waals surface area contributed by atoms with Crippen LogP contribution in [-0.2, 0) is 17.8 Å². The number of allylic oxidation sites excluding steroid dienone is 1. The predicted molar refractivity (Wildman–Crippen MR) is 134 cm³/mol. The number of rotatable bonds is 5. The Balaban J connectivity index is 1.26. The fourth-order valence-electron chi connectivity index (χ4n) is 5.30. The van der Waals surface area contributed by atoms with Gasteiger partial charge < -0.3 is 4.90 Å². The van der Waals surface area contributed by atoms with Gasteiger partial charge >= 0.3 is 0 Å². The van der Waals surface area contributed by atoms with Crippen molar-refractivity contribution >= 4 is 12.0 Å². The molecule has 0 unspecified atom stereocenters. The molecule has 2 fully saturated rings. The molecule has 3 aliphatic rings. The fraction of sp³-hybridized carbons (Fsp3) is 0.345. The minimum absolute atomic E-state index is 0.0235. The molecule has 5 nitrogen and oxygen atoms in total. The van der Waals surface area contributed by atoms with Gasteiger partial charge in [0, 0.05) is 42.9 Å².